The average Bonchev–Trinajstić information content (AvgIpc) is 2.53. The number of rotatable bonds is 5. The fourth-order valence-electron chi connectivity index (χ4n) is 2.90. The van der Waals surface area contributed by atoms with Crippen LogP contribution in [0.15, 0.2) is 23.1 Å². The van der Waals surface area contributed by atoms with Gasteiger partial charge in [0.05, 0.1) is 15.9 Å². The number of hydrogen-bond acceptors (Lipinski definition) is 6. The van der Waals surface area contributed by atoms with Crippen LogP contribution in [-0.2, 0) is 14.8 Å². The van der Waals surface area contributed by atoms with E-state index in [1.165, 1.54) is 22.5 Å². The van der Waals surface area contributed by atoms with E-state index in [9.17, 15) is 18.5 Å². The first-order valence-corrected chi connectivity index (χ1v) is 8.75. The van der Waals surface area contributed by atoms with Gasteiger partial charge in [-0.15, -0.1) is 0 Å². The van der Waals surface area contributed by atoms with Gasteiger partial charge in [0.1, 0.15) is 0 Å². The number of nitrogens with two attached hydrogens (primary N) is 1. The molecular weight excluding hydrogens is 322 g/mol. The minimum Gasteiger partial charge on any atom is -0.381 e. The molecule has 0 radical (unpaired) electrons. The molecule has 8 nitrogen and oxygen atoms in total. The monoisotopic (exact) mass is 343 g/mol. The Morgan fingerprint density at radius 1 is 1.48 bits per heavy atom. The van der Waals surface area contributed by atoms with E-state index in [0.29, 0.717) is 24.9 Å². The molecule has 1 fully saturated rings. The molecule has 2 N–H and O–H groups in total. The second-order valence-electron chi connectivity index (χ2n) is 5.59. The number of nitro groups is 1. The summed E-state index contributed by atoms with van der Waals surface area (Å²) in [4.78, 5) is 10.3. The Morgan fingerprint density at radius 3 is 2.70 bits per heavy atom. The van der Waals surface area contributed by atoms with Crippen molar-refractivity contribution in [2.45, 2.75) is 36.8 Å². The summed E-state index contributed by atoms with van der Waals surface area (Å²) in [5.41, 5.74) is 5.96. The van der Waals surface area contributed by atoms with Crippen LogP contribution in [-0.4, -0.2) is 50.0 Å². The lowest BCUT2D eigenvalue weighted by molar-refractivity contribution is -0.385. The molecule has 1 heterocycles. The van der Waals surface area contributed by atoms with Crippen molar-refractivity contribution in [3.8, 4) is 0 Å². The molecule has 0 bridgehead atoms. The number of sulfonamides is 1. The van der Waals surface area contributed by atoms with Gasteiger partial charge in [-0.3, -0.25) is 10.1 Å². The van der Waals surface area contributed by atoms with E-state index >= 15 is 0 Å². The molecule has 0 aliphatic carbocycles. The molecule has 2 unspecified atom stereocenters. The van der Waals surface area contributed by atoms with Crippen molar-refractivity contribution >= 4 is 15.7 Å². The van der Waals surface area contributed by atoms with E-state index < -0.39 is 14.9 Å². The maximum atomic E-state index is 12.9. The van der Waals surface area contributed by atoms with Crippen LogP contribution in [0.5, 0.6) is 0 Å². The molecule has 128 valence electrons. The number of methoxy groups -OCH3 is 1. The van der Waals surface area contributed by atoms with Gasteiger partial charge in [-0.2, -0.15) is 4.31 Å². The SMILES string of the molecule is COC1CCN(S(=O)(=O)c2ccc([N+](=O)[O-])cc2C)C(CN)C1. The summed E-state index contributed by atoms with van der Waals surface area (Å²) in [7, 11) is -2.15. The van der Waals surface area contributed by atoms with Gasteiger partial charge in [-0.25, -0.2) is 8.42 Å². The maximum absolute atomic E-state index is 12.9. The number of piperidine rings is 1. The zero-order chi connectivity index (χ0) is 17.2. The fraction of sp³-hybridized carbons (Fsp3) is 0.571. The number of hydrogen-bond donors (Lipinski definition) is 1. The molecule has 1 aliphatic rings. The van der Waals surface area contributed by atoms with E-state index in [0.717, 1.165) is 0 Å². The third-order valence-electron chi connectivity index (χ3n) is 4.18. The summed E-state index contributed by atoms with van der Waals surface area (Å²) < 4.78 is 32.5. The van der Waals surface area contributed by atoms with Crippen LogP contribution in [0.1, 0.15) is 18.4 Å². The Balaban J connectivity index is 2.36. The van der Waals surface area contributed by atoms with Gasteiger partial charge in [0, 0.05) is 38.4 Å². The second-order valence-corrected chi connectivity index (χ2v) is 7.45. The Bertz CT molecular complexity index is 692. The minimum absolute atomic E-state index is 0.00652. The molecule has 1 aliphatic heterocycles. The predicted octanol–water partition coefficient (Wildman–Crippen LogP) is 1.03. The molecule has 1 saturated heterocycles. The summed E-state index contributed by atoms with van der Waals surface area (Å²) in [6.45, 7) is 2.07. The van der Waals surface area contributed by atoms with Gasteiger partial charge in [-0.05, 0) is 31.4 Å². The summed E-state index contributed by atoms with van der Waals surface area (Å²) in [6, 6.07) is 3.43. The van der Waals surface area contributed by atoms with Crippen LogP contribution in [0.25, 0.3) is 0 Å². The number of ether oxygens (including phenoxy) is 1. The number of nitrogens with zero attached hydrogens (tertiary/aromatic N) is 2. The predicted molar refractivity (Wildman–Crippen MR) is 84.6 cm³/mol. The topological polar surface area (TPSA) is 116 Å². The highest BCUT2D eigenvalue weighted by Crippen LogP contribution is 2.29. The normalized spacial score (nSPS) is 22.9. The molecule has 9 heteroatoms. The number of non-ortho nitro benzene ring substituents is 1. The van der Waals surface area contributed by atoms with Gasteiger partial charge in [0.2, 0.25) is 10.0 Å². The summed E-state index contributed by atoms with van der Waals surface area (Å²) in [6.07, 6.45) is 1.13. The van der Waals surface area contributed by atoms with Crippen molar-refractivity contribution in [2.75, 3.05) is 20.2 Å². The summed E-state index contributed by atoms with van der Waals surface area (Å²) in [5, 5.41) is 10.8. The van der Waals surface area contributed by atoms with Crippen LogP contribution < -0.4 is 5.73 Å². The first kappa shape index (κ1) is 17.8. The minimum atomic E-state index is -3.75. The largest absolute Gasteiger partial charge is 0.381 e. The van der Waals surface area contributed by atoms with Crippen LogP contribution in [0.2, 0.25) is 0 Å². The Labute approximate surface area is 135 Å². The fourth-order valence-corrected chi connectivity index (χ4v) is 4.77. The average molecular weight is 343 g/mol. The van der Waals surface area contributed by atoms with E-state index in [4.69, 9.17) is 10.5 Å². The van der Waals surface area contributed by atoms with Crippen molar-refractivity contribution in [1.29, 1.82) is 0 Å². The van der Waals surface area contributed by atoms with E-state index in [1.54, 1.807) is 14.0 Å². The third-order valence-corrected chi connectivity index (χ3v) is 6.29. The molecule has 2 rings (SSSR count). The van der Waals surface area contributed by atoms with Gasteiger partial charge in [0.25, 0.3) is 5.69 Å². The van der Waals surface area contributed by atoms with Gasteiger partial charge in [-0.1, -0.05) is 0 Å². The third kappa shape index (κ3) is 3.52. The van der Waals surface area contributed by atoms with Gasteiger partial charge >= 0.3 is 0 Å². The lowest BCUT2D eigenvalue weighted by atomic mass is 10.0. The lowest BCUT2D eigenvalue weighted by Gasteiger charge is -2.37. The lowest BCUT2D eigenvalue weighted by Crippen LogP contribution is -2.51. The van der Waals surface area contributed by atoms with Crippen LogP contribution >= 0.6 is 0 Å². The molecular formula is C14H21N3O5S. The smallest absolute Gasteiger partial charge is 0.269 e. The molecule has 23 heavy (non-hydrogen) atoms. The van der Waals surface area contributed by atoms with Crippen LogP contribution in [0.3, 0.4) is 0 Å². The zero-order valence-electron chi connectivity index (χ0n) is 13.1. The Hall–Kier alpha value is -1.55. The Kier molecular flexibility index (Phi) is 5.35. The zero-order valence-corrected chi connectivity index (χ0v) is 14.0. The Morgan fingerprint density at radius 2 is 2.17 bits per heavy atom. The van der Waals surface area contributed by atoms with Crippen molar-refractivity contribution < 1.29 is 18.1 Å². The first-order valence-electron chi connectivity index (χ1n) is 7.31. The second kappa shape index (κ2) is 6.91. The molecule has 0 saturated carbocycles. The van der Waals surface area contributed by atoms with Crippen LogP contribution in [0.4, 0.5) is 5.69 Å². The summed E-state index contributed by atoms with van der Waals surface area (Å²) in [5.74, 6) is 0. The molecule has 1 aromatic carbocycles. The molecule has 0 amide bonds. The summed E-state index contributed by atoms with van der Waals surface area (Å²) >= 11 is 0. The molecule has 0 aromatic heterocycles. The van der Waals surface area contributed by atoms with E-state index in [2.05, 4.69) is 0 Å². The van der Waals surface area contributed by atoms with Crippen molar-refractivity contribution in [3.63, 3.8) is 0 Å². The van der Waals surface area contributed by atoms with E-state index in [1.807, 2.05) is 0 Å². The van der Waals surface area contributed by atoms with Gasteiger partial charge in [0.15, 0.2) is 0 Å². The quantitative estimate of drug-likeness (QED) is 0.630. The molecule has 1 aromatic rings. The number of nitro benzene ring substituents is 1. The molecule has 2 atom stereocenters. The maximum Gasteiger partial charge on any atom is 0.269 e. The first-order chi connectivity index (χ1) is 10.8. The van der Waals surface area contributed by atoms with E-state index in [-0.39, 0.29) is 29.3 Å². The highest BCUT2D eigenvalue weighted by Gasteiger charge is 2.37. The van der Waals surface area contributed by atoms with Crippen LogP contribution in [0, 0.1) is 17.0 Å². The highest BCUT2D eigenvalue weighted by molar-refractivity contribution is 7.89. The highest BCUT2D eigenvalue weighted by atomic mass is 32.2. The number of benzene rings is 1. The van der Waals surface area contributed by atoms with Crippen molar-refractivity contribution in [3.05, 3.63) is 33.9 Å². The number of aryl methyl sites for hydroxylation is 1. The van der Waals surface area contributed by atoms with Gasteiger partial charge < -0.3 is 10.5 Å². The standard InChI is InChI=1S/C14H21N3O5S/c1-10-7-11(17(18)19)3-4-14(10)23(20,21)16-6-5-13(22-2)8-12(16)9-15/h3-4,7,12-13H,5-6,8-9,15H2,1-2H3. The van der Waals surface area contributed by atoms with Crippen molar-refractivity contribution in [2.24, 2.45) is 5.73 Å². The molecule has 0 spiro atoms. The van der Waals surface area contributed by atoms with Crippen molar-refractivity contribution in [1.82, 2.24) is 4.31 Å².